The number of amides is 1. The summed E-state index contributed by atoms with van der Waals surface area (Å²) in [4.78, 5) is 12.3. The van der Waals surface area contributed by atoms with Crippen LogP contribution < -0.4 is 10.0 Å². The van der Waals surface area contributed by atoms with E-state index in [1.807, 2.05) is 0 Å². The van der Waals surface area contributed by atoms with E-state index in [4.69, 9.17) is 0 Å². The van der Waals surface area contributed by atoms with Crippen LogP contribution in [0.15, 0.2) is 18.2 Å². The van der Waals surface area contributed by atoms with Gasteiger partial charge in [-0.2, -0.15) is 0 Å². The summed E-state index contributed by atoms with van der Waals surface area (Å²) >= 11 is 1.26. The summed E-state index contributed by atoms with van der Waals surface area (Å²) in [5.74, 6) is -0.894. The highest BCUT2D eigenvalue weighted by molar-refractivity contribution is 7.92. The third-order valence-corrected chi connectivity index (χ3v) is 4.70. The minimum atomic E-state index is -3.60. The highest BCUT2D eigenvalue weighted by atomic mass is 32.2. The molecule has 23 heavy (non-hydrogen) atoms. The number of sulfonamides is 1. The third kappa shape index (κ3) is 4.02. The van der Waals surface area contributed by atoms with E-state index < -0.39 is 21.7 Å². The minimum absolute atomic E-state index is 0.00154. The summed E-state index contributed by atoms with van der Waals surface area (Å²) in [7, 11) is -3.60. The van der Waals surface area contributed by atoms with Gasteiger partial charge in [0.25, 0.3) is 5.91 Å². The van der Waals surface area contributed by atoms with Crippen LogP contribution in [0, 0.1) is 5.82 Å². The number of nitrogens with one attached hydrogen (secondary N) is 2. The smallest absolute Gasteiger partial charge is 0.259 e. The van der Waals surface area contributed by atoms with Gasteiger partial charge in [0.05, 0.1) is 17.5 Å². The van der Waals surface area contributed by atoms with E-state index in [0.29, 0.717) is 11.0 Å². The predicted octanol–water partition coefficient (Wildman–Crippen LogP) is 2.18. The molecular formula is C13H13FN4O3S2. The monoisotopic (exact) mass is 356 g/mol. The van der Waals surface area contributed by atoms with Gasteiger partial charge >= 0.3 is 0 Å². The maximum Gasteiger partial charge on any atom is 0.259 e. The summed E-state index contributed by atoms with van der Waals surface area (Å²) in [6, 6.07) is 3.23. The molecule has 10 heteroatoms. The first-order chi connectivity index (χ1) is 10.8. The fraction of sp³-hybridized carbons (Fsp3) is 0.308. The van der Waals surface area contributed by atoms with Gasteiger partial charge in [-0.1, -0.05) is 11.3 Å². The fourth-order valence-electron chi connectivity index (χ4n) is 1.94. The van der Waals surface area contributed by atoms with Crippen LogP contribution in [-0.4, -0.2) is 30.8 Å². The second kappa shape index (κ2) is 5.85. The van der Waals surface area contributed by atoms with Crippen LogP contribution in [0.25, 0.3) is 0 Å². The number of anilines is 2. The number of carbonyl (C=O) groups is 1. The Bertz CT molecular complexity index is 862. The average Bonchev–Trinajstić information content (AvgIpc) is 3.20. The maximum absolute atomic E-state index is 13.4. The Morgan fingerprint density at radius 3 is 2.74 bits per heavy atom. The van der Waals surface area contributed by atoms with E-state index in [0.717, 1.165) is 36.2 Å². The molecule has 0 saturated heterocycles. The van der Waals surface area contributed by atoms with Gasteiger partial charge in [0, 0.05) is 5.92 Å². The molecule has 1 aromatic heterocycles. The Morgan fingerprint density at radius 2 is 2.09 bits per heavy atom. The Hall–Kier alpha value is -2.07. The van der Waals surface area contributed by atoms with E-state index in [1.165, 1.54) is 17.4 Å². The maximum atomic E-state index is 13.4. The van der Waals surface area contributed by atoms with Gasteiger partial charge < -0.3 is 0 Å². The molecule has 3 rings (SSSR count). The van der Waals surface area contributed by atoms with Gasteiger partial charge in [-0.05, 0) is 31.0 Å². The van der Waals surface area contributed by atoms with Crippen molar-refractivity contribution in [3.63, 3.8) is 0 Å². The molecular weight excluding hydrogens is 343 g/mol. The first-order valence-corrected chi connectivity index (χ1v) is 9.45. The summed E-state index contributed by atoms with van der Waals surface area (Å²) in [5.41, 5.74) is -0.128. The minimum Gasteiger partial charge on any atom is -0.296 e. The molecule has 1 aromatic carbocycles. The van der Waals surface area contributed by atoms with E-state index in [-0.39, 0.29) is 11.3 Å². The second-order valence-corrected chi connectivity index (χ2v) is 8.00. The molecule has 0 atom stereocenters. The molecule has 0 radical (unpaired) electrons. The lowest BCUT2D eigenvalue weighted by Crippen LogP contribution is -2.17. The van der Waals surface area contributed by atoms with Crippen molar-refractivity contribution in [2.24, 2.45) is 0 Å². The van der Waals surface area contributed by atoms with Gasteiger partial charge in [-0.15, -0.1) is 10.2 Å². The van der Waals surface area contributed by atoms with Gasteiger partial charge in [-0.3, -0.25) is 14.8 Å². The van der Waals surface area contributed by atoms with Gasteiger partial charge in [0.15, 0.2) is 0 Å². The van der Waals surface area contributed by atoms with Crippen molar-refractivity contribution in [1.82, 2.24) is 10.2 Å². The number of aromatic nitrogens is 2. The summed E-state index contributed by atoms with van der Waals surface area (Å²) < 4.78 is 38.3. The molecule has 122 valence electrons. The van der Waals surface area contributed by atoms with Crippen LogP contribution in [0.4, 0.5) is 15.2 Å². The van der Waals surface area contributed by atoms with Gasteiger partial charge in [0.1, 0.15) is 10.8 Å². The third-order valence-electron chi connectivity index (χ3n) is 3.11. The Morgan fingerprint density at radius 1 is 1.35 bits per heavy atom. The number of carbonyl (C=O) groups excluding carboxylic acids is 1. The Labute approximate surface area is 136 Å². The lowest BCUT2D eigenvalue weighted by Gasteiger charge is -2.10. The van der Waals surface area contributed by atoms with Crippen LogP contribution in [0.3, 0.4) is 0 Å². The average molecular weight is 356 g/mol. The van der Waals surface area contributed by atoms with Crippen molar-refractivity contribution in [3.05, 3.63) is 34.6 Å². The molecule has 1 aliphatic carbocycles. The van der Waals surface area contributed by atoms with Crippen molar-refractivity contribution in [1.29, 1.82) is 0 Å². The zero-order valence-corrected chi connectivity index (χ0v) is 13.7. The molecule has 1 heterocycles. The Balaban J connectivity index is 1.83. The van der Waals surface area contributed by atoms with Crippen LogP contribution in [-0.2, 0) is 10.0 Å². The quantitative estimate of drug-likeness (QED) is 0.855. The molecule has 0 aliphatic heterocycles. The summed E-state index contributed by atoms with van der Waals surface area (Å²) in [6.07, 6.45) is 3.08. The first kappa shape index (κ1) is 15.8. The lowest BCUT2D eigenvalue weighted by molar-refractivity contribution is 0.102. The molecule has 1 fully saturated rings. The van der Waals surface area contributed by atoms with E-state index >= 15 is 0 Å². The molecule has 1 aliphatic rings. The number of benzene rings is 1. The zero-order chi connectivity index (χ0) is 16.6. The van der Waals surface area contributed by atoms with Crippen LogP contribution in [0.5, 0.6) is 0 Å². The van der Waals surface area contributed by atoms with E-state index in [9.17, 15) is 17.6 Å². The van der Waals surface area contributed by atoms with Crippen molar-refractivity contribution in [3.8, 4) is 0 Å². The molecule has 2 N–H and O–H groups in total. The SMILES string of the molecule is CS(=O)(=O)Nc1ccc(F)cc1C(=O)Nc1nnc(C2CC2)s1. The van der Waals surface area contributed by atoms with Crippen LogP contribution in [0.1, 0.15) is 34.1 Å². The summed E-state index contributed by atoms with van der Waals surface area (Å²) in [5, 5.41) is 11.5. The molecule has 1 saturated carbocycles. The van der Waals surface area contributed by atoms with Crippen molar-refractivity contribution >= 4 is 38.1 Å². The topological polar surface area (TPSA) is 101 Å². The van der Waals surface area contributed by atoms with Gasteiger partial charge in [-0.25, -0.2) is 12.8 Å². The second-order valence-electron chi connectivity index (χ2n) is 5.24. The Kier molecular flexibility index (Phi) is 4.02. The fourth-order valence-corrected chi connectivity index (χ4v) is 3.42. The molecule has 1 amide bonds. The van der Waals surface area contributed by atoms with E-state index in [1.54, 1.807) is 0 Å². The van der Waals surface area contributed by atoms with Crippen LogP contribution >= 0.6 is 11.3 Å². The number of hydrogen-bond acceptors (Lipinski definition) is 6. The van der Waals surface area contributed by atoms with Crippen LogP contribution in [0.2, 0.25) is 0 Å². The van der Waals surface area contributed by atoms with Crippen molar-refractivity contribution in [2.75, 3.05) is 16.3 Å². The lowest BCUT2D eigenvalue weighted by atomic mass is 10.1. The number of hydrogen-bond donors (Lipinski definition) is 2. The largest absolute Gasteiger partial charge is 0.296 e. The highest BCUT2D eigenvalue weighted by Gasteiger charge is 2.28. The molecule has 2 aromatic rings. The molecule has 0 bridgehead atoms. The predicted molar refractivity (Wildman–Crippen MR) is 84.7 cm³/mol. The zero-order valence-electron chi connectivity index (χ0n) is 12.0. The number of halogens is 1. The highest BCUT2D eigenvalue weighted by Crippen LogP contribution is 2.42. The standard InChI is InChI=1S/C13H13FN4O3S2/c1-23(20,21)18-10-5-4-8(14)6-9(10)11(19)15-13-17-16-12(22-13)7-2-3-7/h4-7,18H,2-3H2,1H3,(H,15,17,19). The molecule has 0 spiro atoms. The molecule has 0 unspecified atom stereocenters. The summed E-state index contributed by atoms with van der Waals surface area (Å²) in [6.45, 7) is 0. The van der Waals surface area contributed by atoms with Crippen molar-refractivity contribution < 1.29 is 17.6 Å². The van der Waals surface area contributed by atoms with E-state index in [2.05, 4.69) is 20.2 Å². The normalized spacial score (nSPS) is 14.5. The van der Waals surface area contributed by atoms with Crippen molar-refractivity contribution in [2.45, 2.75) is 18.8 Å². The first-order valence-electron chi connectivity index (χ1n) is 6.74. The number of rotatable bonds is 5. The molecule has 7 nitrogen and oxygen atoms in total. The number of nitrogens with zero attached hydrogens (tertiary/aromatic N) is 2. The van der Waals surface area contributed by atoms with Gasteiger partial charge in [0.2, 0.25) is 15.2 Å².